The predicted octanol–water partition coefficient (Wildman–Crippen LogP) is 5.29. The molecule has 260 valence electrons. The number of carbonyl (C=O) groups is 1. The maximum absolute atomic E-state index is 15.0. The van der Waals surface area contributed by atoms with Crippen LogP contribution in [0.1, 0.15) is 31.2 Å². The molecular weight excluding hydrogens is 659 g/mol. The number of H-pyrrole nitrogens is 1. The Morgan fingerprint density at radius 1 is 0.940 bits per heavy atom. The number of fused-ring (bicyclic) bond motifs is 1. The fourth-order valence-corrected chi connectivity index (χ4v) is 7.52. The zero-order valence-electron chi connectivity index (χ0n) is 27.6. The number of hydrogen-bond acceptors (Lipinski definition) is 9. The minimum absolute atomic E-state index is 0.00262. The highest BCUT2D eigenvalue weighted by molar-refractivity contribution is 7.52. The molecule has 12 nitrogen and oxygen atoms in total. The Labute approximate surface area is 288 Å². The number of nitrogens with two attached hydrogens (primary N) is 1. The minimum Gasteiger partial charge on any atom is -0.460 e. The number of hydrogen-bond donors (Lipinski definition) is 3. The van der Waals surface area contributed by atoms with Crippen molar-refractivity contribution in [2.45, 2.75) is 44.9 Å². The van der Waals surface area contributed by atoms with Crippen LogP contribution in [0, 0.1) is 11.8 Å². The zero-order chi connectivity index (χ0) is 35.3. The summed E-state index contributed by atoms with van der Waals surface area (Å²) in [6.45, 7) is 3.24. The third-order valence-corrected chi connectivity index (χ3v) is 10.5. The lowest BCUT2D eigenvalue weighted by Crippen LogP contribution is -2.50. The lowest BCUT2D eigenvalue weighted by molar-refractivity contribution is -0.147. The van der Waals surface area contributed by atoms with Crippen LogP contribution >= 0.6 is 7.75 Å². The molecule has 1 aliphatic rings. The van der Waals surface area contributed by atoms with Gasteiger partial charge in [-0.1, -0.05) is 111 Å². The van der Waals surface area contributed by atoms with Crippen LogP contribution in [-0.4, -0.2) is 33.9 Å². The summed E-state index contributed by atoms with van der Waals surface area (Å²) in [6, 6.07) is 31.3. The van der Waals surface area contributed by atoms with Gasteiger partial charge in [-0.15, -0.1) is 0 Å². The van der Waals surface area contributed by atoms with Crippen molar-refractivity contribution in [3.63, 3.8) is 0 Å². The Morgan fingerprint density at radius 3 is 2.32 bits per heavy atom. The summed E-state index contributed by atoms with van der Waals surface area (Å²) < 4.78 is 40.5. The van der Waals surface area contributed by atoms with E-state index in [0.717, 1.165) is 16.5 Å². The molecule has 1 unspecified atom stereocenters. The standard InChI is InChI=1S/C37H39N4O8P/c1-25-26(2)37(38,48-34(25)41-21-20-33(42)39-36(41)44)24-47-50(45,49-32-19-11-17-29-16-9-10-18-30(29)32)40-31(22-27-12-5-3-6-13-27)35(43)46-23-28-14-7-4-8-15-28/h3-21,25-26,31,34H,22-24,38H2,1-2H3,(H,40,45)(H,39,42,44)/t25-,26+,31+,34-,37-,50?/m1/s1. The third kappa shape index (κ3) is 7.96. The first-order chi connectivity index (χ1) is 24.0. The minimum atomic E-state index is -4.46. The quantitative estimate of drug-likeness (QED) is 0.109. The van der Waals surface area contributed by atoms with Gasteiger partial charge in [0.05, 0.1) is 0 Å². The number of nitrogens with zero attached hydrogens (tertiary/aromatic N) is 1. The highest BCUT2D eigenvalue weighted by Gasteiger charge is 2.51. The van der Waals surface area contributed by atoms with Crippen LogP contribution < -0.4 is 26.6 Å². The van der Waals surface area contributed by atoms with E-state index in [1.54, 1.807) is 12.1 Å². The maximum atomic E-state index is 15.0. The van der Waals surface area contributed by atoms with Crippen molar-refractivity contribution in [3.05, 3.63) is 147 Å². The summed E-state index contributed by atoms with van der Waals surface area (Å²) in [5.74, 6) is -1.15. The molecule has 4 aromatic carbocycles. The number of carbonyl (C=O) groups excluding carboxylic acids is 1. The molecule has 1 aromatic heterocycles. The predicted molar refractivity (Wildman–Crippen MR) is 188 cm³/mol. The summed E-state index contributed by atoms with van der Waals surface area (Å²) in [4.78, 5) is 40.3. The normalized spacial score (nSPS) is 22.1. The molecule has 4 N–H and O–H groups in total. The van der Waals surface area contributed by atoms with Gasteiger partial charge in [-0.05, 0) is 29.0 Å². The average molecular weight is 699 g/mol. The molecular formula is C37H39N4O8P. The van der Waals surface area contributed by atoms with Crippen molar-refractivity contribution in [2.24, 2.45) is 17.6 Å². The number of ether oxygens (including phenoxy) is 2. The van der Waals surface area contributed by atoms with Crippen molar-refractivity contribution in [1.82, 2.24) is 14.6 Å². The highest BCUT2D eigenvalue weighted by Crippen LogP contribution is 2.50. The first-order valence-corrected chi connectivity index (χ1v) is 17.8. The van der Waals surface area contributed by atoms with E-state index in [0.29, 0.717) is 5.39 Å². The molecule has 1 fully saturated rings. The van der Waals surface area contributed by atoms with Crippen LogP contribution in [0.5, 0.6) is 5.75 Å². The van der Waals surface area contributed by atoms with Gasteiger partial charge in [0.25, 0.3) is 5.56 Å². The monoisotopic (exact) mass is 698 g/mol. The first-order valence-electron chi connectivity index (χ1n) is 16.3. The van der Waals surface area contributed by atoms with E-state index in [-0.39, 0.29) is 24.7 Å². The molecule has 6 rings (SSSR count). The largest absolute Gasteiger partial charge is 0.460 e. The van der Waals surface area contributed by atoms with Crippen LogP contribution in [0.3, 0.4) is 0 Å². The fourth-order valence-electron chi connectivity index (χ4n) is 5.97. The van der Waals surface area contributed by atoms with Crippen LogP contribution in [-0.2, 0) is 36.4 Å². The van der Waals surface area contributed by atoms with Crippen LogP contribution in [0.25, 0.3) is 10.8 Å². The molecule has 0 bridgehead atoms. The van der Waals surface area contributed by atoms with Crippen molar-refractivity contribution in [3.8, 4) is 5.75 Å². The second-order valence-corrected chi connectivity index (χ2v) is 14.1. The zero-order valence-corrected chi connectivity index (χ0v) is 28.5. The summed E-state index contributed by atoms with van der Waals surface area (Å²) in [5, 5.41) is 4.40. The molecule has 5 aromatic rings. The molecule has 0 radical (unpaired) electrons. The Morgan fingerprint density at radius 2 is 1.60 bits per heavy atom. The van der Waals surface area contributed by atoms with Crippen LogP contribution in [0.2, 0.25) is 0 Å². The van der Waals surface area contributed by atoms with Gasteiger partial charge >= 0.3 is 19.4 Å². The molecule has 1 saturated heterocycles. The summed E-state index contributed by atoms with van der Waals surface area (Å²) in [7, 11) is -4.46. The van der Waals surface area contributed by atoms with Gasteiger partial charge in [0.2, 0.25) is 0 Å². The van der Waals surface area contributed by atoms with Crippen molar-refractivity contribution >= 4 is 24.5 Å². The Hall–Kier alpha value is -4.84. The number of benzene rings is 4. The number of aromatic nitrogens is 2. The lowest BCUT2D eigenvalue weighted by atomic mass is 9.89. The van der Waals surface area contributed by atoms with Crippen molar-refractivity contribution in [2.75, 3.05) is 6.61 Å². The van der Waals surface area contributed by atoms with Gasteiger partial charge in [-0.3, -0.25) is 23.7 Å². The number of rotatable bonds is 13. The summed E-state index contributed by atoms with van der Waals surface area (Å²) in [6.07, 6.45) is 0.593. The van der Waals surface area contributed by atoms with E-state index in [2.05, 4.69) is 10.1 Å². The molecule has 50 heavy (non-hydrogen) atoms. The Bertz CT molecular complexity index is 2100. The van der Waals surface area contributed by atoms with E-state index in [1.807, 2.05) is 105 Å². The summed E-state index contributed by atoms with van der Waals surface area (Å²) in [5.41, 5.74) is 5.60. The maximum Gasteiger partial charge on any atom is 0.459 e. The highest BCUT2D eigenvalue weighted by atomic mass is 31.2. The van der Waals surface area contributed by atoms with Crippen LogP contribution in [0.4, 0.5) is 0 Å². The second-order valence-electron chi connectivity index (χ2n) is 12.4. The second kappa shape index (κ2) is 15.0. The Balaban J connectivity index is 1.31. The van der Waals surface area contributed by atoms with E-state index in [9.17, 15) is 18.9 Å². The SMILES string of the molecule is C[C@H]1[C@H](n2ccc(=O)[nH]c2=O)O[C@](N)(COP(=O)(N[C@@H](Cc2ccccc2)C(=O)OCc2ccccc2)Oc2cccc3ccccc23)[C@H]1C. The lowest BCUT2D eigenvalue weighted by Gasteiger charge is -2.31. The van der Waals surface area contributed by atoms with Crippen molar-refractivity contribution < 1.29 is 27.9 Å². The van der Waals surface area contributed by atoms with E-state index < -0.39 is 55.5 Å². The smallest absolute Gasteiger partial charge is 0.459 e. The van der Waals surface area contributed by atoms with Gasteiger partial charge in [-0.2, -0.15) is 5.09 Å². The van der Waals surface area contributed by atoms with Gasteiger partial charge in [0.1, 0.15) is 37.0 Å². The molecule has 0 saturated carbocycles. The fraction of sp³-hybridized carbons (Fsp3) is 0.270. The van der Waals surface area contributed by atoms with Crippen molar-refractivity contribution in [1.29, 1.82) is 0 Å². The van der Waals surface area contributed by atoms with Gasteiger partial charge in [0.15, 0.2) is 0 Å². The van der Waals surface area contributed by atoms with E-state index in [4.69, 9.17) is 24.3 Å². The van der Waals surface area contributed by atoms with E-state index >= 15 is 0 Å². The molecule has 13 heteroatoms. The topological polar surface area (TPSA) is 164 Å². The van der Waals surface area contributed by atoms with Gasteiger partial charge in [-0.25, -0.2) is 9.36 Å². The molecule has 6 atom stereocenters. The molecule has 1 aliphatic heterocycles. The molecule has 0 amide bonds. The Kier molecular flexibility index (Phi) is 10.5. The van der Waals surface area contributed by atoms with Gasteiger partial charge in [0, 0.05) is 29.5 Å². The first kappa shape index (κ1) is 35.0. The van der Waals surface area contributed by atoms with Gasteiger partial charge < -0.3 is 19.7 Å². The summed E-state index contributed by atoms with van der Waals surface area (Å²) >= 11 is 0. The molecule has 0 spiro atoms. The van der Waals surface area contributed by atoms with Crippen LogP contribution in [0.15, 0.2) is 125 Å². The number of aromatic amines is 1. The third-order valence-electron chi connectivity index (χ3n) is 9.01. The van der Waals surface area contributed by atoms with E-state index in [1.165, 1.54) is 16.8 Å². The molecule has 0 aliphatic carbocycles. The average Bonchev–Trinajstić information content (AvgIpc) is 3.34. The number of nitrogens with one attached hydrogen (secondary N) is 2. The molecule has 2 heterocycles. The number of esters is 1.